The molecule has 14 rings (SSSR count). The van der Waals surface area contributed by atoms with Crippen LogP contribution in [0.3, 0.4) is 0 Å². The number of benzene rings is 9. The molecule has 9 aromatic carbocycles. The summed E-state index contributed by atoms with van der Waals surface area (Å²) in [7, 11) is -2.91. The summed E-state index contributed by atoms with van der Waals surface area (Å²) in [5.74, 6) is 0. The Labute approximate surface area is 421 Å². The van der Waals surface area contributed by atoms with Gasteiger partial charge in [0.25, 0.3) is 0 Å². The standard InChI is InChI=1S/C69H61NSi/c1-65(2,3)42-31-34-47-48-35-32-43(66(4,5)6)38-63(48)71(62(47)37-42)61-30-20-12-22-46(61)49-36-33-44(39-64(49)71)70-59-29-19-18-28-56(59)69(54-26-16-14-24-52(54)68(9,10)53-25-15-17-27-55(53)69)58-40-50-45-21-11-13-23-51(45)67(7,8)57(50)41-60(58)70/h11-41H,1-10H3. The first kappa shape index (κ1) is 42.8. The van der Waals surface area contributed by atoms with E-state index in [1.807, 2.05) is 0 Å². The van der Waals surface area contributed by atoms with E-state index >= 15 is 0 Å². The molecule has 2 aliphatic carbocycles. The van der Waals surface area contributed by atoms with E-state index in [1.165, 1.54) is 127 Å². The second kappa shape index (κ2) is 13.9. The minimum Gasteiger partial charge on any atom is -0.310 e. The van der Waals surface area contributed by atoms with Crippen LogP contribution in [0.4, 0.5) is 17.1 Å². The molecule has 3 aliphatic heterocycles. The van der Waals surface area contributed by atoms with Gasteiger partial charge < -0.3 is 4.90 Å². The first-order valence-electron chi connectivity index (χ1n) is 25.9. The Balaban J connectivity index is 1.11. The van der Waals surface area contributed by atoms with Gasteiger partial charge in [0.1, 0.15) is 0 Å². The number of hydrogen-bond donors (Lipinski definition) is 0. The molecule has 0 N–H and O–H groups in total. The van der Waals surface area contributed by atoms with Gasteiger partial charge >= 0.3 is 0 Å². The molecule has 0 amide bonds. The average molecular weight is 932 g/mol. The van der Waals surface area contributed by atoms with Gasteiger partial charge in [0, 0.05) is 16.5 Å². The maximum Gasteiger partial charge on any atom is 0.182 e. The zero-order chi connectivity index (χ0) is 48.8. The highest BCUT2D eigenvalue weighted by Gasteiger charge is 2.57. The average Bonchev–Trinajstić information content (AvgIpc) is 3.92. The summed E-state index contributed by atoms with van der Waals surface area (Å²) in [6.45, 7) is 24.0. The van der Waals surface area contributed by atoms with E-state index in [9.17, 15) is 0 Å². The molecule has 0 radical (unpaired) electrons. The molecular formula is C69H61NSi. The van der Waals surface area contributed by atoms with Gasteiger partial charge in [0.15, 0.2) is 8.07 Å². The van der Waals surface area contributed by atoms with Crippen LogP contribution in [-0.4, -0.2) is 8.07 Å². The van der Waals surface area contributed by atoms with Crippen LogP contribution in [0, 0.1) is 0 Å². The SMILES string of the molecule is CC(C)(C)c1ccc2c(c1)[Si]1(c3ccccc3-c3ccc(N4c5ccccc5C5(c6cc7c(cc64)C(C)(C)c4ccccc4-7)c4ccccc4C(C)(C)c4ccccc45)cc31)c1cc(C(C)(C)C)ccc1-2. The van der Waals surface area contributed by atoms with Crippen molar-refractivity contribution in [3.8, 4) is 33.4 Å². The summed E-state index contributed by atoms with van der Waals surface area (Å²) in [4.78, 5) is 2.68. The fourth-order valence-electron chi connectivity index (χ4n) is 14.6. The molecule has 1 nitrogen and oxygen atoms in total. The maximum atomic E-state index is 2.68. The second-order valence-electron chi connectivity index (χ2n) is 24.5. The van der Waals surface area contributed by atoms with Gasteiger partial charge in [-0.3, -0.25) is 0 Å². The van der Waals surface area contributed by atoms with Crippen LogP contribution in [0.15, 0.2) is 188 Å². The van der Waals surface area contributed by atoms with Crippen LogP contribution in [0.2, 0.25) is 0 Å². The van der Waals surface area contributed by atoms with E-state index in [-0.39, 0.29) is 21.7 Å². The van der Waals surface area contributed by atoms with Gasteiger partial charge in [-0.2, -0.15) is 0 Å². The third kappa shape index (κ3) is 5.26. The van der Waals surface area contributed by atoms with E-state index < -0.39 is 13.5 Å². The molecule has 0 bridgehead atoms. The van der Waals surface area contributed by atoms with Gasteiger partial charge in [0.05, 0.1) is 16.8 Å². The zero-order valence-electron chi connectivity index (χ0n) is 42.8. The summed E-state index contributed by atoms with van der Waals surface area (Å²) in [6, 6.07) is 74.7. The summed E-state index contributed by atoms with van der Waals surface area (Å²) < 4.78 is 0. The molecule has 0 aromatic heterocycles. The predicted octanol–water partition coefficient (Wildman–Crippen LogP) is 14.7. The molecule has 3 heterocycles. The molecule has 0 saturated carbocycles. The highest BCUT2D eigenvalue weighted by Crippen LogP contribution is 2.65. The third-order valence-corrected chi connectivity index (χ3v) is 23.0. The van der Waals surface area contributed by atoms with E-state index in [1.54, 1.807) is 0 Å². The van der Waals surface area contributed by atoms with Gasteiger partial charge in [-0.15, -0.1) is 0 Å². The van der Waals surface area contributed by atoms with Crippen LogP contribution in [0.1, 0.15) is 125 Å². The highest BCUT2D eigenvalue weighted by atomic mass is 28.3. The van der Waals surface area contributed by atoms with Crippen molar-refractivity contribution < 1.29 is 0 Å². The molecule has 5 aliphatic rings. The van der Waals surface area contributed by atoms with Crippen LogP contribution in [-0.2, 0) is 27.1 Å². The van der Waals surface area contributed by atoms with Crippen LogP contribution in [0.5, 0.6) is 0 Å². The maximum absolute atomic E-state index is 2.91. The van der Waals surface area contributed by atoms with Crippen molar-refractivity contribution in [3.63, 3.8) is 0 Å². The highest BCUT2D eigenvalue weighted by molar-refractivity contribution is 7.24. The molecule has 0 atom stereocenters. The molecule has 71 heavy (non-hydrogen) atoms. The summed E-state index contributed by atoms with van der Waals surface area (Å²) in [5, 5.41) is 6.07. The van der Waals surface area contributed by atoms with Crippen LogP contribution < -0.4 is 25.6 Å². The van der Waals surface area contributed by atoms with E-state index in [4.69, 9.17) is 0 Å². The number of hydrogen-bond acceptors (Lipinski definition) is 1. The Kier molecular flexibility index (Phi) is 8.39. The monoisotopic (exact) mass is 931 g/mol. The second-order valence-corrected chi connectivity index (χ2v) is 28.1. The zero-order valence-corrected chi connectivity index (χ0v) is 43.8. The number of nitrogens with zero attached hydrogens (tertiary/aromatic N) is 1. The lowest BCUT2D eigenvalue weighted by atomic mass is 9.53. The van der Waals surface area contributed by atoms with Crippen LogP contribution >= 0.6 is 0 Å². The van der Waals surface area contributed by atoms with Crippen molar-refractivity contribution >= 4 is 45.9 Å². The van der Waals surface area contributed by atoms with Crippen molar-refractivity contribution in [2.45, 2.75) is 96.3 Å². The fourth-order valence-corrected chi connectivity index (χ4v) is 20.3. The smallest absolute Gasteiger partial charge is 0.182 e. The quantitative estimate of drug-likeness (QED) is 0.148. The van der Waals surface area contributed by atoms with Crippen LogP contribution in [0.25, 0.3) is 33.4 Å². The van der Waals surface area contributed by atoms with Crippen molar-refractivity contribution in [1.82, 2.24) is 0 Å². The first-order valence-corrected chi connectivity index (χ1v) is 27.9. The molecule has 0 unspecified atom stereocenters. The Morgan fingerprint density at radius 3 is 1.37 bits per heavy atom. The van der Waals surface area contributed by atoms with Crippen molar-refractivity contribution in [2.24, 2.45) is 0 Å². The van der Waals surface area contributed by atoms with Crippen molar-refractivity contribution in [3.05, 3.63) is 244 Å². The molecule has 0 saturated heterocycles. The summed E-state index contributed by atoms with van der Waals surface area (Å²) in [5.41, 5.74) is 24.8. The number of para-hydroxylation sites is 1. The minimum atomic E-state index is -2.91. The van der Waals surface area contributed by atoms with Gasteiger partial charge in [-0.1, -0.05) is 227 Å². The minimum absolute atomic E-state index is 0.00475. The Morgan fingerprint density at radius 1 is 0.324 bits per heavy atom. The van der Waals surface area contributed by atoms with Gasteiger partial charge in [0.2, 0.25) is 0 Å². The number of fused-ring (bicyclic) bond motifs is 21. The van der Waals surface area contributed by atoms with E-state index in [0.29, 0.717) is 0 Å². The first-order chi connectivity index (χ1) is 34.0. The lowest BCUT2D eigenvalue weighted by molar-refractivity contribution is 0.556. The molecule has 2 heteroatoms. The lowest BCUT2D eigenvalue weighted by Crippen LogP contribution is -2.71. The Hall–Kier alpha value is -7.00. The number of rotatable bonds is 1. The van der Waals surface area contributed by atoms with Gasteiger partial charge in [-0.25, -0.2) is 0 Å². The molecular weight excluding hydrogens is 871 g/mol. The summed E-state index contributed by atoms with van der Waals surface area (Å²) in [6.07, 6.45) is 0. The van der Waals surface area contributed by atoms with E-state index in [2.05, 4.69) is 262 Å². The Morgan fingerprint density at radius 2 is 0.775 bits per heavy atom. The van der Waals surface area contributed by atoms with E-state index in [0.717, 1.165) is 0 Å². The predicted molar refractivity (Wildman–Crippen MR) is 302 cm³/mol. The molecule has 9 aromatic rings. The normalized spacial score (nSPS) is 17.0. The lowest BCUT2D eigenvalue weighted by Gasteiger charge is -2.52. The van der Waals surface area contributed by atoms with Crippen molar-refractivity contribution in [1.29, 1.82) is 0 Å². The number of anilines is 3. The summed E-state index contributed by atoms with van der Waals surface area (Å²) >= 11 is 0. The molecule has 346 valence electrons. The van der Waals surface area contributed by atoms with Gasteiger partial charge in [-0.05, 0) is 151 Å². The molecule has 2 spiro atoms. The largest absolute Gasteiger partial charge is 0.310 e. The fraction of sp³-hybridized carbons (Fsp3) is 0.217. The Bertz CT molecular complexity index is 3700. The topological polar surface area (TPSA) is 3.24 Å². The van der Waals surface area contributed by atoms with Crippen molar-refractivity contribution in [2.75, 3.05) is 4.90 Å². The molecule has 0 fully saturated rings. The third-order valence-electron chi connectivity index (χ3n) is 18.1.